The van der Waals surface area contributed by atoms with E-state index < -0.39 is 0 Å². The first-order chi connectivity index (χ1) is 6.34. The van der Waals surface area contributed by atoms with Gasteiger partial charge in [0.05, 0.1) is 6.26 Å². The number of halogens is 1. The van der Waals surface area contributed by atoms with Crippen LogP contribution in [0.3, 0.4) is 0 Å². The third-order valence-electron chi connectivity index (χ3n) is 2.58. The minimum Gasteiger partial charge on any atom is -0.464 e. The highest BCUT2D eigenvalue weighted by atomic mass is 79.9. The lowest BCUT2D eigenvalue weighted by Crippen LogP contribution is -1.73. The first-order valence-corrected chi connectivity index (χ1v) is 5.30. The fraction of sp³-hybridized carbons (Fsp3) is 0.273. The van der Waals surface area contributed by atoms with Gasteiger partial charge in [-0.05, 0) is 37.0 Å². The van der Waals surface area contributed by atoms with Gasteiger partial charge in [0.25, 0.3) is 0 Å². The zero-order valence-corrected chi connectivity index (χ0v) is 8.67. The second kappa shape index (κ2) is 2.61. The average molecular weight is 237 g/mol. The molecule has 0 aliphatic heterocycles. The molecule has 0 saturated heterocycles. The number of hydrogen-bond donors (Lipinski definition) is 0. The molecule has 1 aromatic heterocycles. The molecule has 1 fully saturated rings. The van der Waals surface area contributed by atoms with Crippen LogP contribution in [-0.4, -0.2) is 0 Å². The summed E-state index contributed by atoms with van der Waals surface area (Å²) in [4.78, 5) is 0. The van der Waals surface area contributed by atoms with Crippen LogP contribution in [0.15, 0.2) is 33.4 Å². The van der Waals surface area contributed by atoms with Crippen LogP contribution in [0.4, 0.5) is 0 Å². The van der Waals surface area contributed by atoms with Crippen LogP contribution in [0.2, 0.25) is 0 Å². The van der Waals surface area contributed by atoms with Crippen LogP contribution in [0.5, 0.6) is 0 Å². The van der Waals surface area contributed by atoms with Crippen molar-refractivity contribution in [1.82, 2.24) is 0 Å². The first kappa shape index (κ1) is 7.63. The maximum Gasteiger partial charge on any atom is 0.135 e. The number of benzene rings is 1. The minimum absolute atomic E-state index is 0.766. The third kappa shape index (κ3) is 1.20. The van der Waals surface area contributed by atoms with Crippen molar-refractivity contribution in [3.63, 3.8) is 0 Å². The molecule has 0 radical (unpaired) electrons. The van der Waals surface area contributed by atoms with Crippen LogP contribution in [0, 0.1) is 0 Å². The Hall–Kier alpha value is -0.760. The Bertz CT molecular complexity index is 454. The van der Waals surface area contributed by atoms with Gasteiger partial charge in [-0.15, -0.1) is 0 Å². The van der Waals surface area contributed by atoms with Gasteiger partial charge in [0.2, 0.25) is 0 Å². The Morgan fingerprint density at radius 3 is 2.92 bits per heavy atom. The normalized spacial score (nSPS) is 16.7. The van der Waals surface area contributed by atoms with Crippen molar-refractivity contribution >= 4 is 26.9 Å². The Morgan fingerprint density at radius 1 is 1.31 bits per heavy atom. The van der Waals surface area contributed by atoms with Crippen molar-refractivity contribution in [1.29, 1.82) is 0 Å². The van der Waals surface area contributed by atoms with Crippen molar-refractivity contribution < 1.29 is 4.42 Å². The van der Waals surface area contributed by atoms with Crippen LogP contribution < -0.4 is 0 Å². The average Bonchev–Trinajstić information content (AvgIpc) is 2.87. The van der Waals surface area contributed by atoms with Gasteiger partial charge < -0.3 is 4.42 Å². The van der Waals surface area contributed by atoms with E-state index in [0.29, 0.717) is 0 Å². The minimum atomic E-state index is 0.766. The van der Waals surface area contributed by atoms with E-state index in [1.165, 1.54) is 23.8 Å². The summed E-state index contributed by atoms with van der Waals surface area (Å²) in [6.07, 6.45) is 4.56. The molecule has 66 valence electrons. The van der Waals surface area contributed by atoms with Gasteiger partial charge in [-0.3, -0.25) is 0 Å². The summed E-state index contributed by atoms with van der Waals surface area (Å²) < 4.78 is 6.58. The fourth-order valence-corrected chi connectivity index (χ4v) is 2.07. The van der Waals surface area contributed by atoms with E-state index >= 15 is 0 Å². The molecule has 3 rings (SSSR count). The molecule has 0 unspecified atom stereocenters. The summed E-state index contributed by atoms with van der Waals surface area (Å²) in [5.74, 6) is 0.766. The summed E-state index contributed by atoms with van der Waals surface area (Å²) in [5, 5.41) is 1.28. The van der Waals surface area contributed by atoms with Gasteiger partial charge in [0.15, 0.2) is 0 Å². The van der Waals surface area contributed by atoms with E-state index in [2.05, 4.69) is 28.1 Å². The van der Waals surface area contributed by atoms with Crippen molar-refractivity contribution in [2.75, 3.05) is 0 Å². The highest BCUT2D eigenvalue weighted by Crippen LogP contribution is 2.44. The Balaban J connectivity index is 2.26. The number of rotatable bonds is 1. The van der Waals surface area contributed by atoms with Crippen molar-refractivity contribution in [3.05, 3.63) is 34.5 Å². The van der Waals surface area contributed by atoms with E-state index in [-0.39, 0.29) is 0 Å². The highest BCUT2D eigenvalue weighted by molar-refractivity contribution is 9.10. The van der Waals surface area contributed by atoms with E-state index in [1.54, 1.807) is 0 Å². The van der Waals surface area contributed by atoms with E-state index in [4.69, 9.17) is 4.42 Å². The smallest absolute Gasteiger partial charge is 0.135 e. The largest absolute Gasteiger partial charge is 0.464 e. The Labute approximate surface area is 84.9 Å². The quantitative estimate of drug-likeness (QED) is 0.728. The number of fused-ring (bicyclic) bond motifs is 1. The molecule has 1 saturated carbocycles. The molecule has 0 N–H and O–H groups in total. The lowest BCUT2D eigenvalue weighted by Gasteiger charge is -1.92. The predicted molar refractivity (Wildman–Crippen MR) is 55.9 cm³/mol. The topological polar surface area (TPSA) is 13.1 Å². The van der Waals surface area contributed by atoms with Gasteiger partial charge in [0, 0.05) is 15.4 Å². The third-order valence-corrected chi connectivity index (χ3v) is 3.08. The monoisotopic (exact) mass is 236 g/mol. The maximum atomic E-state index is 5.50. The molecule has 0 spiro atoms. The molecular weight excluding hydrogens is 228 g/mol. The molecule has 13 heavy (non-hydrogen) atoms. The van der Waals surface area contributed by atoms with Gasteiger partial charge in [-0.2, -0.15) is 0 Å². The SMILES string of the molecule is Brc1ccc2c(C3CC3)coc2c1. The molecule has 2 heteroatoms. The fourth-order valence-electron chi connectivity index (χ4n) is 1.73. The second-order valence-corrected chi connectivity index (χ2v) is 4.52. The zero-order valence-electron chi connectivity index (χ0n) is 7.09. The van der Waals surface area contributed by atoms with Gasteiger partial charge >= 0.3 is 0 Å². The van der Waals surface area contributed by atoms with Gasteiger partial charge in [0.1, 0.15) is 5.58 Å². The Morgan fingerprint density at radius 2 is 2.15 bits per heavy atom. The molecule has 1 aliphatic carbocycles. The molecule has 1 nitrogen and oxygen atoms in total. The van der Waals surface area contributed by atoms with Crippen LogP contribution in [-0.2, 0) is 0 Å². The first-order valence-electron chi connectivity index (χ1n) is 4.51. The van der Waals surface area contributed by atoms with Gasteiger partial charge in [-0.1, -0.05) is 15.9 Å². The van der Waals surface area contributed by atoms with Gasteiger partial charge in [-0.25, -0.2) is 0 Å². The van der Waals surface area contributed by atoms with Crippen LogP contribution in [0.1, 0.15) is 24.3 Å². The van der Waals surface area contributed by atoms with Crippen LogP contribution in [0.25, 0.3) is 11.0 Å². The van der Waals surface area contributed by atoms with E-state index in [9.17, 15) is 0 Å². The summed E-state index contributed by atoms with van der Waals surface area (Å²) in [7, 11) is 0. The number of hydrogen-bond acceptors (Lipinski definition) is 1. The van der Waals surface area contributed by atoms with Crippen molar-refractivity contribution in [2.45, 2.75) is 18.8 Å². The summed E-state index contributed by atoms with van der Waals surface area (Å²) in [6.45, 7) is 0. The van der Waals surface area contributed by atoms with Crippen LogP contribution >= 0.6 is 15.9 Å². The molecule has 0 bridgehead atoms. The Kier molecular flexibility index (Phi) is 1.53. The maximum absolute atomic E-state index is 5.50. The predicted octanol–water partition coefficient (Wildman–Crippen LogP) is 4.07. The molecule has 1 aliphatic rings. The van der Waals surface area contributed by atoms with Crippen molar-refractivity contribution in [2.24, 2.45) is 0 Å². The molecule has 1 heterocycles. The highest BCUT2D eigenvalue weighted by Gasteiger charge is 2.26. The van der Waals surface area contributed by atoms with Crippen molar-refractivity contribution in [3.8, 4) is 0 Å². The molecule has 2 aromatic rings. The summed E-state index contributed by atoms with van der Waals surface area (Å²) in [5.41, 5.74) is 2.39. The van der Waals surface area contributed by atoms with E-state index in [1.807, 2.05) is 12.3 Å². The second-order valence-electron chi connectivity index (χ2n) is 3.61. The lowest BCUT2D eigenvalue weighted by molar-refractivity contribution is 0.610. The number of furan rings is 1. The molecule has 0 atom stereocenters. The van der Waals surface area contributed by atoms with E-state index in [0.717, 1.165) is 16.0 Å². The summed E-state index contributed by atoms with van der Waals surface area (Å²) >= 11 is 3.43. The lowest BCUT2D eigenvalue weighted by atomic mass is 10.1. The molecular formula is C11H9BrO. The standard InChI is InChI=1S/C11H9BrO/c12-8-3-4-9-10(7-1-2-7)6-13-11(9)5-8/h3-7H,1-2H2. The zero-order chi connectivity index (χ0) is 8.84. The summed E-state index contributed by atoms with van der Waals surface area (Å²) in [6, 6.07) is 6.24. The molecule has 1 aromatic carbocycles. The molecule has 0 amide bonds.